The molecule has 94 valence electrons. The maximum Gasteiger partial charge on any atom is 0.337 e. The molecule has 6 heteroatoms. The lowest BCUT2D eigenvalue weighted by atomic mass is 10.0. The molecule has 0 aliphatic rings. The Bertz CT molecular complexity index is 410. The number of methoxy groups -OCH3 is 1. The summed E-state index contributed by atoms with van der Waals surface area (Å²) in [5.41, 5.74) is 6.55. The van der Waals surface area contributed by atoms with Gasteiger partial charge in [0.15, 0.2) is 0 Å². The van der Waals surface area contributed by atoms with E-state index >= 15 is 0 Å². The number of hydrogen-bond acceptors (Lipinski definition) is 5. The molecule has 0 aliphatic heterocycles. The molecule has 1 aromatic carbocycles. The molecule has 2 atom stereocenters. The van der Waals surface area contributed by atoms with E-state index in [0.29, 0.717) is 11.3 Å². The number of ether oxygens (including phenoxy) is 1. The second-order valence-corrected chi connectivity index (χ2v) is 4.19. The molecule has 0 radical (unpaired) electrons. The first kappa shape index (κ1) is 14.0. The van der Waals surface area contributed by atoms with Crippen LogP contribution in [-0.4, -0.2) is 34.7 Å². The molecule has 0 heterocycles. The highest BCUT2D eigenvalue weighted by Crippen LogP contribution is 2.22. The van der Waals surface area contributed by atoms with Crippen molar-refractivity contribution in [1.82, 2.24) is 0 Å². The third-order valence-corrected chi connectivity index (χ3v) is 2.93. The van der Waals surface area contributed by atoms with Crippen molar-refractivity contribution in [3.05, 3.63) is 29.3 Å². The molecule has 0 spiro atoms. The predicted molar refractivity (Wildman–Crippen MR) is 67.0 cm³/mol. The van der Waals surface area contributed by atoms with Crippen molar-refractivity contribution < 1.29 is 19.7 Å². The first-order valence-electron chi connectivity index (χ1n) is 4.90. The topological polar surface area (TPSA) is 92.8 Å². The fourth-order valence-corrected chi connectivity index (χ4v) is 1.74. The monoisotopic (exact) mass is 303 g/mol. The van der Waals surface area contributed by atoms with E-state index in [2.05, 4.69) is 20.7 Å². The van der Waals surface area contributed by atoms with Gasteiger partial charge in [0.05, 0.1) is 18.8 Å². The molecular formula is C11H14BrNO4. The summed E-state index contributed by atoms with van der Waals surface area (Å²) in [5, 5.41) is 19.5. The van der Waals surface area contributed by atoms with E-state index < -0.39 is 18.2 Å². The van der Waals surface area contributed by atoms with Crippen LogP contribution in [-0.2, 0) is 4.74 Å². The summed E-state index contributed by atoms with van der Waals surface area (Å²) in [4.78, 5) is 11.3. The van der Waals surface area contributed by atoms with Crippen LogP contribution in [0.25, 0.3) is 0 Å². The van der Waals surface area contributed by atoms with Crippen LogP contribution in [0, 0.1) is 0 Å². The summed E-state index contributed by atoms with van der Waals surface area (Å²) < 4.78 is 4.56. The zero-order valence-electron chi connectivity index (χ0n) is 9.26. The number of esters is 1. The molecule has 17 heavy (non-hydrogen) atoms. The van der Waals surface area contributed by atoms with Crippen molar-refractivity contribution >= 4 is 27.6 Å². The largest absolute Gasteiger partial charge is 0.465 e. The number of alkyl halides is 1. The van der Waals surface area contributed by atoms with Crippen LogP contribution in [0.2, 0.25) is 0 Å². The summed E-state index contributed by atoms with van der Waals surface area (Å²) in [5.74, 6) is -0.543. The van der Waals surface area contributed by atoms with Crippen LogP contribution in [0.5, 0.6) is 0 Å². The second-order valence-electron chi connectivity index (χ2n) is 3.55. The Morgan fingerprint density at radius 2 is 2.12 bits per heavy atom. The summed E-state index contributed by atoms with van der Waals surface area (Å²) in [7, 11) is 1.26. The normalized spacial score (nSPS) is 14.1. The highest BCUT2D eigenvalue weighted by atomic mass is 79.9. The van der Waals surface area contributed by atoms with Crippen molar-refractivity contribution in [1.29, 1.82) is 0 Å². The molecule has 0 bridgehead atoms. The standard InChI is InChI=1S/C11H14BrNO4/c1-17-11(16)7-2-6(3-8(13)4-7)10(15)9(14)5-12/h2-4,9-10,14-15H,5,13H2,1H3. The summed E-state index contributed by atoms with van der Waals surface area (Å²) in [6.45, 7) is 0. The van der Waals surface area contributed by atoms with E-state index in [1.54, 1.807) is 0 Å². The molecule has 0 saturated carbocycles. The van der Waals surface area contributed by atoms with Crippen LogP contribution in [0.15, 0.2) is 18.2 Å². The van der Waals surface area contributed by atoms with Crippen LogP contribution in [0.3, 0.4) is 0 Å². The molecule has 1 rings (SSSR count). The maximum atomic E-state index is 11.3. The number of anilines is 1. The predicted octanol–water partition coefficient (Wildman–Crippen LogP) is 0.845. The fraction of sp³-hybridized carbons (Fsp3) is 0.364. The van der Waals surface area contributed by atoms with Crippen LogP contribution in [0.1, 0.15) is 22.0 Å². The van der Waals surface area contributed by atoms with Crippen LogP contribution >= 0.6 is 15.9 Å². The quantitative estimate of drug-likeness (QED) is 0.435. The number of hydrogen-bond donors (Lipinski definition) is 3. The van der Waals surface area contributed by atoms with Gasteiger partial charge in [0.25, 0.3) is 0 Å². The number of aliphatic hydroxyl groups is 2. The summed E-state index contributed by atoms with van der Waals surface area (Å²) in [6, 6.07) is 4.39. The first-order chi connectivity index (χ1) is 7.99. The zero-order valence-corrected chi connectivity index (χ0v) is 10.8. The van der Waals surface area contributed by atoms with Gasteiger partial charge in [-0.25, -0.2) is 4.79 Å². The van der Waals surface area contributed by atoms with Gasteiger partial charge in [-0.15, -0.1) is 0 Å². The van der Waals surface area contributed by atoms with E-state index in [1.807, 2.05) is 0 Å². The summed E-state index contributed by atoms with van der Waals surface area (Å²) in [6.07, 6.45) is -2.08. The lowest BCUT2D eigenvalue weighted by Crippen LogP contribution is -2.20. The van der Waals surface area contributed by atoms with Gasteiger partial charge in [-0.05, 0) is 23.8 Å². The minimum atomic E-state index is -1.11. The van der Waals surface area contributed by atoms with Crippen molar-refractivity contribution in [2.24, 2.45) is 0 Å². The van der Waals surface area contributed by atoms with Gasteiger partial charge in [-0.1, -0.05) is 15.9 Å². The minimum Gasteiger partial charge on any atom is -0.465 e. The maximum absolute atomic E-state index is 11.3. The van der Waals surface area contributed by atoms with Gasteiger partial charge >= 0.3 is 5.97 Å². The first-order valence-corrected chi connectivity index (χ1v) is 6.02. The Morgan fingerprint density at radius 1 is 1.47 bits per heavy atom. The van der Waals surface area contributed by atoms with Crippen molar-refractivity contribution in [2.75, 3.05) is 18.2 Å². The molecule has 2 unspecified atom stereocenters. The Balaban J connectivity index is 3.09. The van der Waals surface area contributed by atoms with Crippen LogP contribution < -0.4 is 5.73 Å². The van der Waals surface area contributed by atoms with Gasteiger partial charge in [-0.2, -0.15) is 0 Å². The lowest BCUT2D eigenvalue weighted by molar-refractivity contribution is 0.0341. The molecule has 0 fully saturated rings. The highest BCUT2D eigenvalue weighted by Gasteiger charge is 2.19. The average molecular weight is 304 g/mol. The van der Waals surface area contributed by atoms with Gasteiger partial charge in [0.2, 0.25) is 0 Å². The third kappa shape index (κ3) is 3.42. The van der Waals surface area contributed by atoms with Crippen molar-refractivity contribution in [3.8, 4) is 0 Å². The molecule has 5 nitrogen and oxygen atoms in total. The number of nitrogen functional groups attached to an aromatic ring is 1. The number of carbonyl (C=O) groups is 1. The van der Waals surface area contributed by atoms with Crippen molar-refractivity contribution in [2.45, 2.75) is 12.2 Å². The number of aliphatic hydroxyl groups excluding tert-OH is 2. The number of benzene rings is 1. The Kier molecular flexibility index (Phi) is 4.92. The average Bonchev–Trinajstić information content (AvgIpc) is 2.35. The number of halogens is 1. The van der Waals surface area contributed by atoms with E-state index in [4.69, 9.17) is 5.73 Å². The number of carbonyl (C=O) groups excluding carboxylic acids is 1. The Morgan fingerprint density at radius 3 is 2.65 bits per heavy atom. The second kappa shape index (κ2) is 6.00. The lowest BCUT2D eigenvalue weighted by Gasteiger charge is -2.17. The molecule has 1 aromatic rings. The van der Waals surface area contributed by atoms with E-state index in [1.165, 1.54) is 25.3 Å². The number of nitrogens with two attached hydrogens (primary N) is 1. The molecule has 0 aliphatic carbocycles. The fourth-order valence-electron chi connectivity index (χ4n) is 1.39. The van der Waals surface area contributed by atoms with E-state index in [0.717, 1.165) is 0 Å². The molecule has 0 aromatic heterocycles. The van der Waals surface area contributed by atoms with Gasteiger partial charge in [0, 0.05) is 11.0 Å². The molecule has 0 saturated heterocycles. The van der Waals surface area contributed by atoms with Crippen molar-refractivity contribution in [3.63, 3.8) is 0 Å². The number of rotatable bonds is 4. The van der Waals surface area contributed by atoms with Crippen LogP contribution in [0.4, 0.5) is 5.69 Å². The van der Waals surface area contributed by atoms with E-state index in [9.17, 15) is 15.0 Å². The molecule has 4 N–H and O–H groups in total. The van der Waals surface area contributed by atoms with Gasteiger partial charge in [0.1, 0.15) is 6.10 Å². The molecular weight excluding hydrogens is 290 g/mol. The Labute approximate surface area is 107 Å². The smallest absolute Gasteiger partial charge is 0.337 e. The minimum absolute atomic E-state index is 0.219. The SMILES string of the molecule is COC(=O)c1cc(N)cc(C(O)C(O)CBr)c1. The van der Waals surface area contributed by atoms with E-state index in [-0.39, 0.29) is 10.9 Å². The Hall–Kier alpha value is -1.11. The van der Waals surface area contributed by atoms with Gasteiger partial charge < -0.3 is 20.7 Å². The zero-order chi connectivity index (χ0) is 13.0. The summed E-state index contributed by atoms with van der Waals surface area (Å²) >= 11 is 3.06. The van der Waals surface area contributed by atoms with Gasteiger partial charge in [-0.3, -0.25) is 0 Å². The third-order valence-electron chi connectivity index (χ3n) is 2.26. The highest BCUT2D eigenvalue weighted by molar-refractivity contribution is 9.09. The molecule has 0 amide bonds.